The molecule has 1 heterocycles. The second kappa shape index (κ2) is 5.85. The normalized spacial score (nSPS) is 12.3. The van der Waals surface area contributed by atoms with Crippen LogP contribution in [0, 0.1) is 0 Å². The Morgan fingerprint density at radius 2 is 1.71 bits per heavy atom. The van der Waals surface area contributed by atoms with E-state index in [1.165, 1.54) is 30.6 Å². The molecule has 0 saturated heterocycles. The van der Waals surface area contributed by atoms with Gasteiger partial charge in [-0.2, -0.15) is 13.2 Å². The van der Waals surface area contributed by atoms with Gasteiger partial charge in [0.15, 0.2) is 9.84 Å². The van der Waals surface area contributed by atoms with Crippen molar-refractivity contribution in [3.05, 3.63) is 65.5 Å². The summed E-state index contributed by atoms with van der Waals surface area (Å²) in [5.74, 6) is -0.995. The van der Waals surface area contributed by atoms with Gasteiger partial charge >= 0.3 is 6.18 Å². The van der Waals surface area contributed by atoms with Gasteiger partial charge in [-0.05, 0) is 23.3 Å². The van der Waals surface area contributed by atoms with Crippen molar-refractivity contribution < 1.29 is 21.6 Å². The standard InChI is InChI=1S/C14H12F3NO2S/c15-14(16,17)13-6-2-1-5-12(13)10-21(19,20)9-11-4-3-7-18-8-11/h1-8H,9-10H2. The highest BCUT2D eigenvalue weighted by atomic mass is 32.2. The van der Waals surface area contributed by atoms with Gasteiger partial charge in [-0.25, -0.2) is 8.42 Å². The Balaban J connectivity index is 2.26. The molecule has 0 bridgehead atoms. The fraction of sp³-hybridized carbons (Fsp3) is 0.214. The van der Waals surface area contributed by atoms with Crippen LogP contribution in [0.2, 0.25) is 0 Å². The highest BCUT2D eigenvalue weighted by molar-refractivity contribution is 7.89. The van der Waals surface area contributed by atoms with Crippen LogP contribution in [-0.2, 0) is 27.5 Å². The summed E-state index contributed by atoms with van der Waals surface area (Å²) in [5, 5.41) is 0. The van der Waals surface area contributed by atoms with Crippen molar-refractivity contribution in [3.8, 4) is 0 Å². The van der Waals surface area contributed by atoms with Crippen LogP contribution in [0.3, 0.4) is 0 Å². The Morgan fingerprint density at radius 1 is 1.00 bits per heavy atom. The first-order valence-electron chi connectivity index (χ1n) is 6.02. The molecule has 0 N–H and O–H groups in total. The number of hydrogen-bond acceptors (Lipinski definition) is 3. The molecule has 0 fully saturated rings. The molecule has 0 amide bonds. The number of pyridine rings is 1. The zero-order valence-electron chi connectivity index (χ0n) is 10.8. The van der Waals surface area contributed by atoms with E-state index in [4.69, 9.17) is 0 Å². The second-order valence-corrected chi connectivity index (χ2v) is 6.61. The van der Waals surface area contributed by atoms with E-state index in [0.29, 0.717) is 5.56 Å². The van der Waals surface area contributed by atoms with Gasteiger partial charge in [0, 0.05) is 12.4 Å². The molecular weight excluding hydrogens is 303 g/mol. The average molecular weight is 315 g/mol. The van der Waals surface area contributed by atoms with Crippen molar-refractivity contribution in [3.63, 3.8) is 0 Å². The second-order valence-electron chi connectivity index (χ2n) is 4.55. The lowest BCUT2D eigenvalue weighted by molar-refractivity contribution is -0.138. The molecule has 0 aliphatic heterocycles. The van der Waals surface area contributed by atoms with Crippen molar-refractivity contribution in [1.82, 2.24) is 4.98 Å². The Morgan fingerprint density at radius 3 is 2.33 bits per heavy atom. The lowest BCUT2D eigenvalue weighted by atomic mass is 10.1. The quantitative estimate of drug-likeness (QED) is 0.870. The van der Waals surface area contributed by atoms with E-state index >= 15 is 0 Å². The molecule has 0 radical (unpaired) electrons. The van der Waals surface area contributed by atoms with Crippen molar-refractivity contribution in [2.45, 2.75) is 17.7 Å². The van der Waals surface area contributed by atoms with Gasteiger partial charge < -0.3 is 0 Å². The topological polar surface area (TPSA) is 47.0 Å². The Labute approximate surface area is 120 Å². The van der Waals surface area contributed by atoms with Gasteiger partial charge in [0.25, 0.3) is 0 Å². The summed E-state index contributed by atoms with van der Waals surface area (Å²) in [6.07, 6.45) is -1.69. The van der Waals surface area contributed by atoms with Crippen LogP contribution in [0.1, 0.15) is 16.7 Å². The van der Waals surface area contributed by atoms with Gasteiger partial charge in [0.2, 0.25) is 0 Å². The third kappa shape index (κ3) is 4.29. The first kappa shape index (κ1) is 15.5. The summed E-state index contributed by atoms with van der Waals surface area (Å²) in [6.45, 7) is 0. The molecule has 112 valence electrons. The number of benzene rings is 1. The predicted molar refractivity (Wildman–Crippen MR) is 72.0 cm³/mol. The average Bonchev–Trinajstić information content (AvgIpc) is 2.38. The van der Waals surface area contributed by atoms with Gasteiger partial charge in [0.1, 0.15) is 0 Å². The molecule has 0 unspecified atom stereocenters. The number of alkyl halides is 3. The molecule has 0 atom stereocenters. The fourth-order valence-electron chi connectivity index (χ4n) is 1.95. The monoisotopic (exact) mass is 315 g/mol. The largest absolute Gasteiger partial charge is 0.416 e. The van der Waals surface area contributed by atoms with Crippen LogP contribution in [-0.4, -0.2) is 13.4 Å². The van der Waals surface area contributed by atoms with Crippen molar-refractivity contribution in [2.75, 3.05) is 0 Å². The lowest BCUT2D eigenvalue weighted by Gasteiger charge is -2.12. The molecule has 0 saturated carbocycles. The van der Waals surface area contributed by atoms with Gasteiger partial charge in [-0.15, -0.1) is 0 Å². The molecule has 0 aliphatic carbocycles. The molecule has 21 heavy (non-hydrogen) atoms. The molecule has 0 spiro atoms. The zero-order chi connectivity index (χ0) is 15.5. The number of nitrogens with zero attached hydrogens (tertiary/aromatic N) is 1. The number of sulfone groups is 1. The first-order chi connectivity index (χ1) is 9.78. The summed E-state index contributed by atoms with van der Waals surface area (Å²) in [7, 11) is -3.71. The van der Waals surface area contributed by atoms with Crippen molar-refractivity contribution in [2.24, 2.45) is 0 Å². The molecule has 1 aromatic heterocycles. The summed E-state index contributed by atoms with van der Waals surface area (Å²) in [4.78, 5) is 3.79. The first-order valence-corrected chi connectivity index (χ1v) is 7.84. The number of hydrogen-bond donors (Lipinski definition) is 0. The van der Waals surface area contributed by atoms with Crippen LogP contribution in [0.25, 0.3) is 0 Å². The van der Waals surface area contributed by atoms with Crippen molar-refractivity contribution >= 4 is 9.84 Å². The smallest absolute Gasteiger partial charge is 0.264 e. The minimum atomic E-state index is -4.57. The molecule has 3 nitrogen and oxygen atoms in total. The SMILES string of the molecule is O=S(=O)(Cc1cccnc1)Cc1ccccc1C(F)(F)F. The molecule has 7 heteroatoms. The molecule has 1 aromatic carbocycles. The van der Waals surface area contributed by atoms with Gasteiger partial charge in [-0.1, -0.05) is 24.3 Å². The highest BCUT2D eigenvalue weighted by Gasteiger charge is 2.33. The summed E-state index contributed by atoms with van der Waals surface area (Å²) in [6, 6.07) is 7.84. The molecule has 0 aliphatic rings. The van der Waals surface area contributed by atoms with E-state index in [1.54, 1.807) is 12.1 Å². The third-order valence-electron chi connectivity index (χ3n) is 2.81. The van der Waals surface area contributed by atoms with Gasteiger partial charge in [-0.3, -0.25) is 4.98 Å². The van der Waals surface area contributed by atoms with E-state index in [1.807, 2.05) is 0 Å². The number of rotatable bonds is 4. The van der Waals surface area contributed by atoms with Crippen LogP contribution >= 0.6 is 0 Å². The number of halogens is 3. The minimum Gasteiger partial charge on any atom is -0.264 e. The Bertz CT molecular complexity index is 712. The molecule has 2 rings (SSSR count). The van der Waals surface area contributed by atoms with Gasteiger partial charge in [0.05, 0.1) is 17.1 Å². The zero-order valence-corrected chi connectivity index (χ0v) is 11.7. The van der Waals surface area contributed by atoms with E-state index in [2.05, 4.69) is 4.98 Å². The number of aromatic nitrogens is 1. The third-order valence-corrected chi connectivity index (χ3v) is 4.33. The maximum absolute atomic E-state index is 12.8. The summed E-state index contributed by atoms with van der Waals surface area (Å²) < 4.78 is 62.6. The summed E-state index contributed by atoms with van der Waals surface area (Å²) >= 11 is 0. The molecule has 2 aromatic rings. The van der Waals surface area contributed by atoms with E-state index in [9.17, 15) is 21.6 Å². The maximum atomic E-state index is 12.8. The van der Waals surface area contributed by atoms with Crippen molar-refractivity contribution in [1.29, 1.82) is 0 Å². The van der Waals surface area contributed by atoms with Crippen LogP contribution in [0.5, 0.6) is 0 Å². The van der Waals surface area contributed by atoms with E-state index in [-0.39, 0.29) is 11.3 Å². The maximum Gasteiger partial charge on any atom is 0.416 e. The van der Waals surface area contributed by atoms with E-state index < -0.39 is 27.3 Å². The fourth-order valence-corrected chi connectivity index (χ4v) is 3.45. The summed E-state index contributed by atoms with van der Waals surface area (Å²) in [5.41, 5.74) is -0.712. The Hall–Kier alpha value is -1.89. The highest BCUT2D eigenvalue weighted by Crippen LogP contribution is 2.32. The minimum absolute atomic E-state index is 0.242. The molecular formula is C14H12F3NO2S. The lowest BCUT2D eigenvalue weighted by Crippen LogP contribution is -2.14. The predicted octanol–water partition coefficient (Wildman–Crippen LogP) is 3.22. The Kier molecular flexibility index (Phi) is 4.32. The van der Waals surface area contributed by atoms with Crippen LogP contribution in [0.4, 0.5) is 13.2 Å². The van der Waals surface area contributed by atoms with Crippen LogP contribution in [0.15, 0.2) is 48.8 Å². The van der Waals surface area contributed by atoms with Crippen LogP contribution < -0.4 is 0 Å². The van der Waals surface area contributed by atoms with E-state index in [0.717, 1.165) is 6.07 Å².